The first-order valence-electron chi connectivity index (χ1n) is 10.4. The Morgan fingerprint density at radius 2 is 1.79 bits per heavy atom. The van der Waals surface area contributed by atoms with Crippen molar-refractivity contribution in [2.45, 2.75) is 52.1 Å². The summed E-state index contributed by atoms with van der Waals surface area (Å²) in [6.07, 6.45) is 3.15. The number of nitrogens with zero attached hydrogens (tertiary/aromatic N) is 1. The Kier molecular flexibility index (Phi) is 7.04. The summed E-state index contributed by atoms with van der Waals surface area (Å²) in [5, 5.41) is 3.04. The molecule has 3 rings (SSSR count). The zero-order valence-corrected chi connectivity index (χ0v) is 17.4. The molecule has 0 spiro atoms. The lowest BCUT2D eigenvalue weighted by Crippen LogP contribution is -2.39. The van der Waals surface area contributed by atoms with E-state index >= 15 is 0 Å². The van der Waals surface area contributed by atoms with Crippen LogP contribution in [0.2, 0.25) is 0 Å². The predicted molar refractivity (Wildman–Crippen MR) is 116 cm³/mol. The number of carbonyl (C=O) groups excluding carboxylic acids is 2. The zero-order valence-electron chi connectivity index (χ0n) is 17.4. The van der Waals surface area contributed by atoms with Gasteiger partial charge in [-0.2, -0.15) is 0 Å². The maximum absolute atomic E-state index is 12.6. The molecule has 0 saturated carbocycles. The van der Waals surface area contributed by atoms with Crippen LogP contribution in [0.3, 0.4) is 0 Å². The van der Waals surface area contributed by atoms with Gasteiger partial charge < -0.3 is 11.1 Å². The maximum atomic E-state index is 12.6. The molecular formula is C24H31N3O2. The van der Waals surface area contributed by atoms with Gasteiger partial charge in [0.05, 0.1) is 12.5 Å². The fourth-order valence-corrected chi connectivity index (χ4v) is 3.98. The summed E-state index contributed by atoms with van der Waals surface area (Å²) < 4.78 is 0. The minimum Gasteiger partial charge on any atom is -0.368 e. The summed E-state index contributed by atoms with van der Waals surface area (Å²) in [5.41, 5.74) is 9.63. The van der Waals surface area contributed by atoms with E-state index in [1.807, 2.05) is 36.4 Å². The number of hydrogen-bond donors (Lipinski definition) is 2. The molecule has 2 amide bonds. The van der Waals surface area contributed by atoms with Crippen LogP contribution >= 0.6 is 0 Å². The number of primary amides is 1. The standard InChI is InChI=1S/C24H31N3O2/c1-17(2)14-18-9-11-19(12-10-18)15-23(28)26-21-7-4-3-6-20(21)16-27-13-5-8-22(27)24(25)29/h3-4,6-7,9-12,17,22H,5,8,13-16H2,1-2H3,(H2,25,29)(H,26,28)/t22-/m0/s1. The number of benzene rings is 2. The number of likely N-dealkylation sites (tertiary alicyclic amines) is 1. The highest BCUT2D eigenvalue weighted by Gasteiger charge is 2.29. The Labute approximate surface area is 173 Å². The molecule has 1 aliphatic rings. The van der Waals surface area contributed by atoms with Crippen molar-refractivity contribution < 1.29 is 9.59 Å². The molecule has 0 radical (unpaired) electrons. The first-order chi connectivity index (χ1) is 13.9. The fourth-order valence-electron chi connectivity index (χ4n) is 3.98. The second-order valence-corrected chi connectivity index (χ2v) is 8.33. The van der Waals surface area contributed by atoms with E-state index in [1.165, 1.54) is 5.56 Å². The van der Waals surface area contributed by atoms with E-state index in [4.69, 9.17) is 5.73 Å². The van der Waals surface area contributed by atoms with Gasteiger partial charge in [0, 0.05) is 12.2 Å². The number of rotatable bonds is 8. The Balaban J connectivity index is 1.63. The number of nitrogens with two attached hydrogens (primary N) is 1. The lowest BCUT2D eigenvalue weighted by Gasteiger charge is -2.23. The second-order valence-electron chi connectivity index (χ2n) is 8.33. The molecule has 5 heteroatoms. The van der Waals surface area contributed by atoms with Gasteiger partial charge in [-0.25, -0.2) is 0 Å². The van der Waals surface area contributed by atoms with Crippen LogP contribution in [0.1, 0.15) is 43.4 Å². The molecule has 1 atom stereocenters. The number of amides is 2. The van der Waals surface area contributed by atoms with Gasteiger partial charge in [-0.3, -0.25) is 14.5 Å². The number of anilines is 1. The molecule has 29 heavy (non-hydrogen) atoms. The average molecular weight is 394 g/mol. The quantitative estimate of drug-likeness (QED) is 0.721. The van der Waals surface area contributed by atoms with Gasteiger partial charge in [0.15, 0.2) is 0 Å². The molecule has 1 saturated heterocycles. The highest BCUT2D eigenvalue weighted by atomic mass is 16.2. The number of hydrogen-bond acceptors (Lipinski definition) is 3. The zero-order chi connectivity index (χ0) is 20.8. The first-order valence-corrected chi connectivity index (χ1v) is 10.4. The predicted octanol–water partition coefficient (Wildman–Crippen LogP) is 3.52. The Bertz CT molecular complexity index is 845. The van der Waals surface area contributed by atoms with E-state index in [-0.39, 0.29) is 17.9 Å². The molecule has 1 aliphatic heterocycles. The third-order valence-electron chi connectivity index (χ3n) is 5.39. The van der Waals surface area contributed by atoms with Gasteiger partial charge in [0.2, 0.25) is 11.8 Å². The van der Waals surface area contributed by atoms with Crippen molar-refractivity contribution in [3.05, 3.63) is 65.2 Å². The topological polar surface area (TPSA) is 75.4 Å². The van der Waals surface area contributed by atoms with Crippen LogP contribution in [0.5, 0.6) is 0 Å². The summed E-state index contributed by atoms with van der Waals surface area (Å²) in [6, 6.07) is 15.8. The van der Waals surface area contributed by atoms with E-state index in [9.17, 15) is 9.59 Å². The molecular weight excluding hydrogens is 362 g/mol. The normalized spacial score (nSPS) is 16.9. The van der Waals surface area contributed by atoms with Crippen LogP contribution in [0.4, 0.5) is 5.69 Å². The van der Waals surface area contributed by atoms with Crippen molar-refractivity contribution in [2.75, 3.05) is 11.9 Å². The molecule has 0 bridgehead atoms. The van der Waals surface area contributed by atoms with E-state index in [0.717, 1.165) is 42.6 Å². The van der Waals surface area contributed by atoms with Gasteiger partial charge in [0.25, 0.3) is 0 Å². The summed E-state index contributed by atoms with van der Waals surface area (Å²) >= 11 is 0. The Morgan fingerprint density at radius 1 is 1.10 bits per heavy atom. The summed E-state index contributed by atoms with van der Waals surface area (Å²) in [6.45, 7) is 5.85. The Morgan fingerprint density at radius 3 is 2.48 bits per heavy atom. The fraction of sp³-hybridized carbons (Fsp3) is 0.417. The third-order valence-corrected chi connectivity index (χ3v) is 5.39. The van der Waals surface area contributed by atoms with E-state index in [1.54, 1.807) is 0 Å². The summed E-state index contributed by atoms with van der Waals surface area (Å²) in [7, 11) is 0. The van der Waals surface area contributed by atoms with Gasteiger partial charge in [-0.1, -0.05) is 56.3 Å². The second kappa shape index (κ2) is 9.70. The number of nitrogens with one attached hydrogen (secondary N) is 1. The molecule has 154 valence electrons. The molecule has 1 heterocycles. The van der Waals surface area contributed by atoms with Crippen LogP contribution < -0.4 is 11.1 Å². The smallest absolute Gasteiger partial charge is 0.234 e. The minimum absolute atomic E-state index is 0.0399. The minimum atomic E-state index is -0.273. The molecule has 2 aromatic carbocycles. The van der Waals surface area contributed by atoms with Crippen LogP contribution in [0.15, 0.2) is 48.5 Å². The lowest BCUT2D eigenvalue weighted by molar-refractivity contribution is -0.122. The third kappa shape index (κ3) is 5.91. The first kappa shape index (κ1) is 21.1. The van der Waals surface area contributed by atoms with Gasteiger partial charge >= 0.3 is 0 Å². The lowest BCUT2D eigenvalue weighted by atomic mass is 10.0. The van der Waals surface area contributed by atoms with E-state index < -0.39 is 0 Å². The molecule has 0 aromatic heterocycles. The Hall–Kier alpha value is -2.66. The van der Waals surface area contributed by atoms with Crippen LogP contribution in [-0.2, 0) is 29.0 Å². The molecule has 0 unspecified atom stereocenters. The van der Waals surface area contributed by atoms with Crippen molar-refractivity contribution in [1.82, 2.24) is 4.90 Å². The van der Waals surface area contributed by atoms with Crippen LogP contribution in [0, 0.1) is 5.92 Å². The van der Waals surface area contributed by atoms with Crippen molar-refractivity contribution in [2.24, 2.45) is 11.7 Å². The molecule has 1 fully saturated rings. The monoisotopic (exact) mass is 393 g/mol. The highest BCUT2D eigenvalue weighted by molar-refractivity contribution is 5.93. The van der Waals surface area contributed by atoms with Crippen molar-refractivity contribution >= 4 is 17.5 Å². The number of carbonyl (C=O) groups is 2. The van der Waals surface area contributed by atoms with Crippen molar-refractivity contribution in [3.8, 4) is 0 Å². The van der Waals surface area contributed by atoms with Crippen LogP contribution in [-0.4, -0.2) is 29.3 Å². The number of para-hydroxylation sites is 1. The maximum Gasteiger partial charge on any atom is 0.234 e. The van der Waals surface area contributed by atoms with Gasteiger partial charge in [-0.05, 0) is 54.5 Å². The highest BCUT2D eigenvalue weighted by Crippen LogP contribution is 2.24. The molecule has 3 N–H and O–H groups in total. The van der Waals surface area contributed by atoms with Gasteiger partial charge in [-0.15, -0.1) is 0 Å². The molecule has 0 aliphatic carbocycles. The largest absolute Gasteiger partial charge is 0.368 e. The average Bonchev–Trinajstić information content (AvgIpc) is 3.13. The summed E-state index contributed by atoms with van der Waals surface area (Å²) in [4.78, 5) is 26.4. The summed E-state index contributed by atoms with van der Waals surface area (Å²) in [5.74, 6) is 0.303. The van der Waals surface area contributed by atoms with Crippen molar-refractivity contribution in [3.63, 3.8) is 0 Å². The SMILES string of the molecule is CC(C)Cc1ccc(CC(=O)Nc2ccccc2CN2CCC[C@H]2C(N)=O)cc1. The van der Waals surface area contributed by atoms with E-state index in [0.29, 0.717) is 18.9 Å². The van der Waals surface area contributed by atoms with Crippen molar-refractivity contribution in [1.29, 1.82) is 0 Å². The molecule has 5 nitrogen and oxygen atoms in total. The molecule has 2 aromatic rings. The van der Waals surface area contributed by atoms with Gasteiger partial charge in [0.1, 0.15) is 0 Å². The van der Waals surface area contributed by atoms with E-state index in [2.05, 4.69) is 36.2 Å². The van der Waals surface area contributed by atoms with Crippen LogP contribution in [0.25, 0.3) is 0 Å².